The first-order valence-corrected chi connectivity index (χ1v) is 6.62. The van der Waals surface area contributed by atoms with Gasteiger partial charge in [0.2, 0.25) is 0 Å². The Hall–Kier alpha value is -1.29. The van der Waals surface area contributed by atoms with Gasteiger partial charge in [0.15, 0.2) is 5.13 Å². The van der Waals surface area contributed by atoms with Crippen LogP contribution in [0.2, 0.25) is 0 Å². The van der Waals surface area contributed by atoms with Gasteiger partial charge >= 0.3 is 0 Å². The van der Waals surface area contributed by atoms with Crippen molar-refractivity contribution in [3.63, 3.8) is 0 Å². The third kappa shape index (κ3) is 3.09. The molecule has 0 radical (unpaired) electrons. The quantitative estimate of drug-likeness (QED) is 0.869. The van der Waals surface area contributed by atoms with Gasteiger partial charge < -0.3 is 10.6 Å². The highest BCUT2D eigenvalue weighted by molar-refractivity contribution is 7.22. The van der Waals surface area contributed by atoms with Gasteiger partial charge in [0.05, 0.1) is 10.2 Å². The van der Waals surface area contributed by atoms with E-state index in [1.165, 1.54) is 4.70 Å². The van der Waals surface area contributed by atoms with Crippen LogP contribution in [0.5, 0.6) is 0 Å². The highest BCUT2D eigenvalue weighted by Crippen LogP contribution is 2.28. The summed E-state index contributed by atoms with van der Waals surface area (Å²) in [5.74, 6) is 0. The van der Waals surface area contributed by atoms with Gasteiger partial charge in [0, 0.05) is 19.3 Å². The summed E-state index contributed by atoms with van der Waals surface area (Å²) in [5, 5.41) is 7.49. The number of nitrogens with zero attached hydrogens (tertiary/aromatic N) is 1. The zero-order valence-electron chi connectivity index (χ0n) is 10.8. The van der Waals surface area contributed by atoms with Crippen LogP contribution in [0.4, 0.5) is 10.8 Å². The van der Waals surface area contributed by atoms with Crippen molar-refractivity contribution in [1.29, 1.82) is 0 Å². The Morgan fingerprint density at radius 3 is 2.71 bits per heavy atom. The topological polar surface area (TPSA) is 37.0 Å². The smallest absolute Gasteiger partial charge is 0.183 e. The average Bonchev–Trinajstić information content (AvgIpc) is 2.67. The molecule has 0 atom stereocenters. The van der Waals surface area contributed by atoms with Crippen LogP contribution >= 0.6 is 11.3 Å². The molecule has 2 N–H and O–H groups in total. The molecule has 0 aliphatic rings. The molecular weight excluding hydrogens is 230 g/mol. The summed E-state index contributed by atoms with van der Waals surface area (Å²) in [6.07, 6.45) is 0. The molecule has 0 spiro atoms. The Morgan fingerprint density at radius 1 is 1.29 bits per heavy atom. The predicted octanol–water partition coefficient (Wildman–Crippen LogP) is 3.80. The number of nitrogens with one attached hydrogen (secondary N) is 2. The van der Waals surface area contributed by atoms with Crippen LogP contribution in [0.15, 0.2) is 18.2 Å². The minimum absolute atomic E-state index is 0.285. The number of aromatic nitrogens is 1. The van der Waals surface area contributed by atoms with E-state index in [-0.39, 0.29) is 5.41 Å². The summed E-state index contributed by atoms with van der Waals surface area (Å²) in [5.41, 5.74) is 2.48. The average molecular weight is 249 g/mol. The van der Waals surface area contributed by atoms with Gasteiger partial charge in [-0.05, 0) is 23.6 Å². The molecule has 0 fully saturated rings. The summed E-state index contributed by atoms with van der Waals surface area (Å²) >= 11 is 1.68. The first-order valence-electron chi connectivity index (χ1n) is 5.80. The summed E-state index contributed by atoms with van der Waals surface area (Å²) < 4.78 is 1.22. The predicted molar refractivity (Wildman–Crippen MR) is 77.1 cm³/mol. The molecule has 17 heavy (non-hydrogen) atoms. The lowest BCUT2D eigenvalue weighted by Crippen LogP contribution is -2.18. The SMILES string of the molecule is CNc1nc2cc(NCC(C)(C)C)ccc2s1. The van der Waals surface area contributed by atoms with Gasteiger partial charge in [0.25, 0.3) is 0 Å². The lowest BCUT2D eigenvalue weighted by Gasteiger charge is -2.19. The van der Waals surface area contributed by atoms with Crippen molar-refractivity contribution in [2.45, 2.75) is 20.8 Å². The maximum atomic E-state index is 4.50. The second kappa shape index (κ2) is 4.53. The lowest BCUT2D eigenvalue weighted by atomic mass is 9.97. The van der Waals surface area contributed by atoms with Crippen molar-refractivity contribution in [3.05, 3.63) is 18.2 Å². The highest BCUT2D eigenvalue weighted by Gasteiger charge is 2.10. The lowest BCUT2D eigenvalue weighted by molar-refractivity contribution is 0.443. The Balaban J connectivity index is 2.19. The summed E-state index contributed by atoms with van der Waals surface area (Å²) in [4.78, 5) is 4.50. The number of benzene rings is 1. The standard InChI is InChI=1S/C13H19N3S/c1-13(2,3)8-15-9-5-6-11-10(7-9)16-12(14-4)17-11/h5-7,15H,8H2,1-4H3,(H,14,16). The van der Waals surface area contributed by atoms with E-state index in [9.17, 15) is 0 Å². The molecule has 4 heteroatoms. The molecule has 0 bridgehead atoms. The van der Waals surface area contributed by atoms with Crippen molar-refractivity contribution >= 4 is 32.4 Å². The Kier molecular flexibility index (Phi) is 3.24. The number of hydrogen-bond acceptors (Lipinski definition) is 4. The number of fused-ring (bicyclic) bond motifs is 1. The minimum Gasteiger partial charge on any atom is -0.384 e. The van der Waals surface area contributed by atoms with Crippen LogP contribution in [0.3, 0.4) is 0 Å². The van der Waals surface area contributed by atoms with Crippen LogP contribution in [0.25, 0.3) is 10.2 Å². The molecule has 3 nitrogen and oxygen atoms in total. The maximum Gasteiger partial charge on any atom is 0.183 e. The van der Waals surface area contributed by atoms with Gasteiger partial charge in [0.1, 0.15) is 0 Å². The van der Waals surface area contributed by atoms with Gasteiger partial charge in [-0.3, -0.25) is 0 Å². The van der Waals surface area contributed by atoms with Crippen molar-refractivity contribution < 1.29 is 0 Å². The minimum atomic E-state index is 0.285. The first-order chi connectivity index (χ1) is 7.98. The number of anilines is 2. The normalized spacial score (nSPS) is 11.8. The van der Waals surface area contributed by atoms with E-state index < -0.39 is 0 Å². The number of rotatable bonds is 3. The van der Waals surface area contributed by atoms with E-state index in [4.69, 9.17) is 0 Å². The number of thiazole rings is 1. The molecule has 0 amide bonds. The van der Waals surface area contributed by atoms with Crippen molar-refractivity contribution in [3.8, 4) is 0 Å². The maximum absolute atomic E-state index is 4.50. The molecule has 1 aromatic heterocycles. The summed E-state index contributed by atoms with van der Waals surface area (Å²) in [6, 6.07) is 6.35. The van der Waals surface area contributed by atoms with Crippen molar-refractivity contribution in [2.24, 2.45) is 5.41 Å². The molecule has 2 rings (SSSR count). The van der Waals surface area contributed by atoms with E-state index in [1.54, 1.807) is 11.3 Å². The molecule has 92 valence electrons. The Bertz CT molecular complexity index is 511. The van der Waals surface area contributed by atoms with Crippen molar-refractivity contribution in [2.75, 3.05) is 24.2 Å². The molecule has 0 aliphatic carbocycles. The third-order valence-electron chi connectivity index (χ3n) is 2.42. The van der Waals surface area contributed by atoms with E-state index in [2.05, 4.69) is 54.6 Å². The van der Waals surface area contributed by atoms with Gasteiger partial charge in [-0.15, -0.1) is 0 Å². The first kappa shape index (κ1) is 12.2. The fraction of sp³-hybridized carbons (Fsp3) is 0.462. The van der Waals surface area contributed by atoms with Crippen LogP contribution in [0, 0.1) is 5.41 Å². The molecule has 2 aromatic rings. The van der Waals surface area contributed by atoms with E-state index in [1.807, 2.05) is 7.05 Å². The van der Waals surface area contributed by atoms with Crippen LogP contribution in [0.1, 0.15) is 20.8 Å². The van der Waals surface area contributed by atoms with Crippen molar-refractivity contribution in [1.82, 2.24) is 4.98 Å². The Morgan fingerprint density at radius 2 is 2.06 bits per heavy atom. The van der Waals surface area contributed by atoms with Gasteiger partial charge in [-0.2, -0.15) is 0 Å². The molecule has 0 saturated heterocycles. The van der Waals surface area contributed by atoms with E-state index in [0.29, 0.717) is 0 Å². The second-order valence-electron chi connectivity index (χ2n) is 5.37. The summed E-state index contributed by atoms with van der Waals surface area (Å²) in [6.45, 7) is 7.63. The second-order valence-corrected chi connectivity index (χ2v) is 6.40. The Labute approximate surface area is 106 Å². The fourth-order valence-electron chi connectivity index (χ4n) is 1.51. The summed E-state index contributed by atoms with van der Waals surface area (Å²) in [7, 11) is 1.90. The van der Waals surface area contributed by atoms with Gasteiger partial charge in [-0.1, -0.05) is 32.1 Å². The molecule has 0 saturated carbocycles. The zero-order valence-corrected chi connectivity index (χ0v) is 11.6. The monoisotopic (exact) mass is 249 g/mol. The van der Waals surface area contributed by atoms with Gasteiger partial charge in [-0.25, -0.2) is 4.98 Å². The van der Waals surface area contributed by atoms with Crippen LogP contribution < -0.4 is 10.6 Å². The largest absolute Gasteiger partial charge is 0.384 e. The zero-order chi connectivity index (χ0) is 12.5. The van der Waals surface area contributed by atoms with Crippen LogP contribution in [-0.4, -0.2) is 18.6 Å². The molecular formula is C13H19N3S. The molecule has 0 aliphatic heterocycles. The third-order valence-corrected chi connectivity index (χ3v) is 3.48. The van der Waals surface area contributed by atoms with Crippen LogP contribution in [-0.2, 0) is 0 Å². The number of hydrogen-bond donors (Lipinski definition) is 2. The fourth-order valence-corrected chi connectivity index (χ4v) is 2.31. The van der Waals surface area contributed by atoms with E-state index in [0.717, 1.165) is 22.9 Å². The van der Waals surface area contributed by atoms with E-state index >= 15 is 0 Å². The molecule has 1 aromatic carbocycles. The highest BCUT2D eigenvalue weighted by atomic mass is 32.1. The molecule has 0 unspecified atom stereocenters. The molecule has 1 heterocycles.